The van der Waals surface area contributed by atoms with Crippen LogP contribution in [0.1, 0.15) is 33.1 Å². The SMILES string of the molecule is CCOC(=O)NCCC1(C)C2CCC1C(=O)NC2. The van der Waals surface area contributed by atoms with E-state index < -0.39 is 0 Å². The van der Waals surface area contributed by atoms with Gasteiger partial charge < -0.3 is 15.4 Å². The molecule has 0 aromatic heterocycles. The van der Waals surface area contributed by atoms with Crippen LogP contribution >= 0.6 is 0 Å². The lowest BCUT2D eigenvalue weighted by Crippen LogP contribution is -2.50. The summed E-state index contributed by atoms with van der Waals surface area (Å²) in [7, 11) is 0. The van der Waals surface area contributed by atoms with E-state index in [9.17, 15) is 9.59 Å². The molecule has 2 amide bonds. The number of piperidine rings is 1. The zero-order chi connectivity index (χ0) is 13.2. The van der Waals surface area contributed by atoms with Gasteiger partial charge in [0, 0.05) is 19.0 Å². The van der Waals surface area contributed by atoms with E-state index in [1.807, 2.05) is 0 Å². The number of carbonyl (C=O) groups is 2. The van der Waals surface area contributed by atoms with Gasteiger partial charge in [-0.3, -0.25) is 4.79 Å². The third-order valence-electron chi connectivity index (χ3n) is 4.58. The van der Waals surface area contributed by atoms with Crippen LogP contribution in [0.25, 0.3) is 0 Å². The topological polar surface area (TPSA) is 67.4 Å². The Morgan fingerprint density at radius 3 is 3.06 bits per heavy atom. The number of carbonyl (C=O) groups excluding carboxylic acids is 2. The Morgan fingerprint density at radius 2 is 2.33 bits per heavy atom. The molecular formula is C13H22N2O3. The molecule has 18 heavy (non-hydrogen) atoms. The maximum absolute atomic E-state index is 11.8. The maximum Gasteiger partial charge on any atom is 0.407 e. The van der Waals surface area contributed by atoms with Gasteiger partial charge in [0.1, 0.15) is 0 Å². The fraction of sp³-hybridized carbons (Fsp3) is 0.846. The minimum absolute atomic E-state index is 0.0296. The summed E-state index contributed by atoms with van der Waals surface area (Å²) in [5, 5.41) is 5.71. The standard InChI is InChI=1S/C13H22N2O3/c1-3-18-12(17)14-7-6-13(2)9-4-5-10(13)11(16)15-8-9/h9-10H,3-8H2,1-2H3,(H,14,17)(H,15,16). The molecule has 102 valence electrons. The van der Waals surface area contributed by atoms with Gasteiger partial charge in [-0.05, 0) is 37.5 Å². The summed E-state index contributed by atoms with van der Waals surface area (Å²) in [6, 6.07) is 0. The highest BCUT2D eigenvalue weighted by Gasteiger charge is 2.52. The second-order valence-corrected chi connectivity index (χ2v) is 5.48. The fourth-order valence-electron chi connectivity index (χ4n) is 3.42. The Morgan fingerprint density at radius 1 is 1.56 bits per heavy atom. The monoisotopic (exact) mass is 254 g/mol. The fourth-order valence-corrected chi connectivity index (χ4v) is 3.42. The molecule has 0 radical (unpaired) electrons. The molecule has 1 saturated carbocycles. The molecule has 1 aliphatic heterocycles. The first-order valence-electron chi connectivity index (χ1n) is 6.76. The zero-order valence-corrected chi connectivity index (χ0v) is 11.1. The number of rotatable bonds is 4. The third-order valence-corrected chi connectivity index (χ3v) is 4.58. The molecule has 5 heteroatoms. The average molecular weight is 254 g/mol. The number of nitrogens with one attached hydrogen (secondary N) is 2. The first-order valence-corrected chi connectivity index (χ1v) is 6.76. The molecule has 1 saturated heterocycles. The van der Waals surface area contributed by atoms with Crippen molar-refractivity contribution in [3.8, 4) is 0 Å². The van der Waals surface area contributed by atoms with Gasteiger partial charge in [-0.2, -0.15) is 0 Å². The van der Waals surface area contributed by atoms with E-state index in [0.717, 1.165) is 25.8 Å². The van der Waals surface area contributed by atoms with Gasteiger partial charge in [0.2, 0.25) is 5.91 Å². The van der Waals surface area contributed by atoms with E-state index >= 15 is 0 Å². The lowest BCUT2D eigenvalue weighted by Gasteiger charge is -2.40. The molecule has 2 N–H and O–H groups in total. The van der Waals surface area contributed by atoms with Crippen molar-refractivity contribution in [3.63, 3.8) is 0 Å². The van der Waals surface area contributed by atoms with Crippen LogP contribution in [0.2, 0.25) is 0 Å². The molecule has 3 atom stereocenters. The predicted molar refractivity (Wildman–Crippen MR) is 67.0 cm³/mol. The molecule has 2 rings (SSSR count). The van der Waals surface area contributed by atoms with Gasteiger partial charge in [0.05, 0.1) is 6.61 Å². The Kier molecular flexibility index (Phi) is 3.78. The lowest BCUT2D eigenvalue weighted by molar-refractivity contribution is -0.131. The second kappa shape index (κ2) is 5.16. The van der Waals surface area contributed by atoms with E-state index in [2.05, 4.69) is 17.6 Å². The molecule has 1 heterocycles. The van der Waals surface area contributed by atoms with Crippen LogP contribution in [0.3, 0.4) is 0 Å². The van der Waals surface area contributed by atoms with Crippen LogP contribution in [0.15, 0.2) is 0 Å². The van der Waals surface area contributed by atoms with Crippen LogP contribution in [0.4, 0.5) is 4.79 Å². The van der Waals surface area contributed by atoms with Crippen molar-refractivity contribution in [1.29, 1.82) is 0 Å². The third kappa shape index (κ3) is 2.31. The van der Waals surface area contributed by atoms with E-state index in [1.165, 1.54) is 0 Å². The minimum atomic E-state index is -0.367. The molecule has 2 fully saturated rings. The van der Waals surface area contributed by atoms with E-state index in [4.69, 9.17) is 4.74 Å². The molecule has 0 spiro atoms. The van der Waals surface area contributed by atoms with Crippen molar-refractivity contribution in [1.82, 2.24) is 10.6 Å². The molecule has 3 unspecified atom stereocenters. The molecule has 2 bridgehead atoms. The van der Waals surface area contributed by atoms with Crippen LogP contribution in [-0.4, -0.2) is 31.7 Å². The zero-order valence-electron chi connectivity index (χ0n) is 11.1. The van der Waals surface area contributed by atoms with Crippen molar-refractivity contribution >= 4 is 12.0 Å². The summed E-state index contributed by atoms with van der Waals surface area (Å²) in [4.78, 5) is 23.1. The van der Waals surface area contributed by atoms with Crippen molar-refractivity contribution in [2.45, 2.75) is 33.1 Å². The quantitative estimate of drug-likeness (QED) is 0.794. The van der Waals surface area contributed by atoms with Crippen LogP contribution < -0.4 is 10.6 Å². The largest absolute Gasteiger partial charge is 0.450 e. The Bertz CT molecular complexity index is 345. The highest BCUT2D eigenvalue weighted by Crippen LogP contribution is 2.51. The van der Waals surface area contributed by atoms with Crippen molar-refractivity contribution in [2.24, 2.45) is 17.3 Å². The van der Waals surface area contributed by atoms with Crippen molar-refractivity contribution in [3.05, 3.63) is 0 Å². The van der Waals surface area contributed by atoms with E-state index in [-0.39, 0.29) is 23.3 Å². The Hall–Kier alpha value is -1.26. The molecule has 5 nitrogen and oxygen atoms in total. The van der Waals surface area contributed by atoms with Gasteiger partial charge >= 0.3 is 6.09 Å². The molecular weight excluding hydrogens is 232 g/mol. The molecule has 0 aromatic rings. The highest BCUT2D eigenvalue weighted by molar-refractivity contribution is 5.81. The first-order chi connectivity index (χ1) is 8.58. The Balaban J connectivity index is 1.88. The summed E-state index contributed by atoms with van der Waals surface area (Å²) in [6.45, 7) is 5.71. The van der Waals surface area contributed by atoms with Crippen molar-refractivity contribution < 1.29 is 14.3 Å². The minimum Gasteiger partial charge on any atom is -0.450 e. The number of alkyl carbamates (subject to hydrolysis) is 1. The average Bonchev–Trinajstić information content (AvgIpc) is 2.50. The molecule has 0 aromatic carbocycles. The van der Waals surface area contributed by atoms with Gasteiger partial charge in [-0.15, -0.1) is 0 Å². The summed E-state index contributed by atoms with van der Waals surface area (Å²) in [5.41, 5.74) is 0.0296. The highest BCUT2D eigenvalue weighted by atomic mass is 16.5. The normalized spacial score (nSPS) is 34.0. The summed E-state index contributed by atoms with van der Waals surface area (Å²) in [5.74, 6) is 0.840. The smallest absolute Gasteiger partial charge is 0.407 e. The van der Waals surface area contributed by atoms with Gasteiger partial charge in [-0.25, -0.2) is 4.79 Å². The van der Waals surface area contributed by atoms with Gasteiger partial charge in [0.25, 0.3) is 0 Å². The number of amides is 2. The molecule has 2 aliphatic rings. The van der Waals surface area contributed by atoms with Gasteiger partial charge in [0.15, 0.2) is 0 Å². The summed E-state index contributed by atoms with van der Waals surface area (Å²) < 4.78 is 4.83. The van der Waals surface area contributed by atoms with Crippen LogP contribution in [0.5, 0.6) is 0 Å². The number of ether oxygens (including phenoxy) is 1. The number of fused-ring (bicyclic) bond motifs is 2. The Labute approximate surface area is 108 Å². The number of hydrogen-bond donors (Lipinski definition) is 2. The van der Waals surface area contributed by atoms with Gasteiger partial charge in [-0.1, -0.05) is 6.92 Å². The summed E-state index contributed by atoms with van der Waals surface area (Å²) in [6.07, 6.45) is 2.56. The second-order valence-electron chi connectivity index (χ2n) is 5.48. The van der Waals surface area contributed by atoms with Crippen LogP contribution in [-0.2, 0) is 9.53 Å². The first kappa shape index (κ1) is 13.2. The van der Waals surface area contributed by atoms with Crippen molar-refractivity contribution in [2.75, 3.05) is 19.7 Å². The van der Waals surface area contributed by atoms with E-state index in [0.29, 0.717) is 19.1 Å². The number of hydrogen-bond acceptors (Lipinski definition) is 3. The molecule has 1 aliphatic carbocycles. The lowest BCUT2D eigenvalue weighted by atomic mass is 9.69. The summed E-state index contributed by atoms with van der Waals surface area (Å²) >= 11 is 0. The van der Waals surface area contributed by atoms with Crippen LogP contribution in [0, 0.1) is 17.3 Å². The maximum atomic E-state index is 11.8. The van der Waals surface area contributed by atoms with E-state index in [1.54, 1.807) is 6.92 Å². The predicted octanol–water partition coefficient (Wildman–Crippen LogP) is 1.28.